The lowest BCUT2D eigenvalue weighted by molar-refractivity contribution is 0.0795. The lowest BCUT2D eigenvalue weighted by Crippen LogP contribution is -2.46. The zero-order valence-electron chi connectivity index (χ0n) is 16.4. The molecule has 1 aliphatic heterocycles. The van der Waals surface area contributed by atoms with E-state index < -0.39 is 0 Å². The predicted molar refractivity (Wildman–Crippen MR) is 101 cm³/mol. The molecule has 1 aromatic carbocycles. The summed E-state index contributed by atoms with van der Waals surface area (Å²) >= 11 is 0. The van der Waals surface area contributed by atoms with Gasteiger partial charge in [0.25, 0.3) is 0 Å². The van der Waals surface area contributed by atoms with E-state index in [0.717, 1.165) is 44.2 Å². The molecule has 1 aliphatic rings. The van der Waals surface area contributed by atoms with Crippen LogP contribution in [0.1, 0.15) is 35.9 Å². The van der Waals surface area contributed by atoms with Crippen LogP contribution in [0.3, 0.4) is 0 Å². The van der Waals surface area contributed by atoms with Crippen molar-refractivity contribution in [1.82, 2.24) is 25.1 Å². The third kappa shape index (κ3) is 3.98. The SMILES string of the molecule is Cc1cc(CN2CCN(C(C)c3nc(-c4ccc(C)c(F)c4)no3)CC2)on1. The quantitative estimate of drug-likeness (QED) is 0.667. The lowest BCUT2D eigenvalue weighted by atomic mass is 10.1. The topological polar surface area (TPSA) is 71.4 Å². The zero-order chi connectivity index (χ0) is 19.7. The van der Waals surface area contributed by atoms with E-state index in [9.17, 15) is 4.39 Å². The average Bonchev–Trinajstić information content (AvgIpc) is 3.33. The van der Waals surface area contributed by atoms with Crippen LogP contribution in [0.4, 0.5) is 4.39 Å². The van der Waals surface area contributed by atoms with E-state index in [0.29, 0.717) is 22.8 Å². The molecule has 0 radical (unpaired) electrons. The van der Waals surface area contributed by atoms with E-state index in [2.05, 4.69) is 32.0 Å². The number of hydrogen-bond donors (Lipinski definition) is 0. The second-order valence-electron chi connectivity index (χ2n) is 7.34. The first-order chi connectivity index (χ1) is 13.5. The number of hydrogen-bond acceptors (Lipinski definition) is 7. The summed E-state index contributed by atoms with van der Waals surface area (Å²) in [6.45, 7) is 10.1. The second-order valence-corrected chi connectivity index (χ2v) is 7.34. The molecule has 1 unspecified atom stereocenters. The van der Waals surface area contributed by atoms with E-state index in [4.69, 9.17) is 9.05 Å². The fourth-order valence-corrected chi connectivity index (χ4v) is 3.43. The third-order valence-electron chi connectivity index (χ3n) is 5.24. The van der Waals surface area contributed by atoms with Crippen LogP contribution >= 0.6 is 0 Å². The Bertz CT molecular complexity index is 946. The van der Waals surface area contributed by atoms with Gasteiger partial charge in [0.15, 0.2) is 5.76 Å². The van der Waals surface area contributed by atoms with E-state index >= 15 is 0 Å². The second kappa shape index (κ2) is 7.81. The lowest BCUT2D eigenvalue weighted by Gasteiger charge is -2.36. The Morgan fingerprint density at radius 3 is 2.54 bits per heavy atom. The van der Waals surface area contributed by atoms with Crippen molar-refractivity contribution >= 4 is 0 Å². The van der Waals surface area contributed by atoms with Crippen molar-refractivity contribution in [3.8, 4) is 11.4 Å². The molecule has 0 bridgehead atoms. The van der Waals surface area contributed by atoms with Gasteiger partial charge in [-0.25, -0.2) is 4.39 Å². The Kier molecular flexibility index (Phi) is 5.23. The highest BCUT2D eigenvalue weighted by atomic mass is 19.1. The summed E-state index contributed by atoms with van der Waals surface area (Å²) in [4.78, 5) is 9.15. The van der Waals surface area contributed by atoms with Crippen molar-refractivity contribution in [1.29, 1.82) is 0 Å². The van der Waals surface area contributed by atoms with Gasteiger partial charge in [-0.2, -0.15) is 4.98 Å². The maximum atomic E-state index is 13.8. The number of aromatic nitrogens is 3. The Morgan fingerprint density at radius 1 is 1.07 bits per heavy atom. The largest absolute Gasteiger partial charge is 0.360 e. The van der Waals surface area contributed by atoms with E-state index in [1.165, 1.54) is 6.07 Å². The van der Waals surface area contributed by atoms with Gasteiger partial charge in [-0.3, -0.25) is 9.80 Å². The fraction of sp³-hybridized carbons (Fsp3) is 0.450. The molecule has 7 nitrogen and oxygen atoms in total. The smallest absolute Gasteiger partial charge is 0.244 e. The molecular weight excluding hydrogens is 361 g/mol. The number of nitrogens with zero attached hydrogens (tertiary/aromatic N) is 5. The maximum absolute atomic E-state index is 13.8. The molecule has 3 heterocycles. The summed E-state index contributed by atoms with van der Waals surface area (Å²) in [6.07, 6.45) is 0. The number of halogens is 1. The maximum Gasteiger partial charge on any atom is 0.244 e. The molecular formula is C20H24FN5O2. The third-order valence-corrected chi connectivity index (χ3v) is 5.24. The average molecular weight is 385 g/mol. The van der Waals surface area contributed by atoms with Crippen LogP contribution in [0.2, 0.25) is 0 Å². The molecule has 1 atom stereocenters. The highest BCUT2D eigenvalue weighted by Crippen LogP contribution is 2.25. The number of benzene rings is 1. The molecule has 4 rings (SSSR count). The number of piperazine rings is 1. The summed E-state index contributed by atoms with van der Waals surface area (Å²) < 4.78 is 24.6. The molecule has 0 spiro atoms. The van der Waals surface area contributed by atoms with E-state index in [-0.39, 0.29) is 11.9 Å². The molecule has 3 aromatic rings. The van der Waals surface area contributed by atoms with Gasteiger partial charge in [-0.1, -0.05) is 22.4 Å². The van der Waals surface area contributed by atoms with Crippen molar-refractivity contribution < 1.29 is 13.4 Å². The van der Waals surface area contributed by atoms with Gasteiger partial charge in [-0.15, -0.1) is 0 Å². The highest BCUT2D eigenvalue weighted by molar-refractivity contribution is 5.54. The van der Waals surface area contributed by atoms with E-state index in [1.807, 2.05) is 19.1 Å². The van der Waals surface area contributed by atoms with Crippen molar-refractivity contribution in [2.45, 2.75) is 33.4 Å². The Hall–Kier alpha value is -2.58. The van der Waals surface area contributed by atoms with E-state index in [1.54, 1.807) is 13.0 Å². The molecule has 8 heteroatoms. The fourth-order valence-electron chi connectivity index (χ4n) is 3.43. The summed E-state index contributed by atoms with van der Waals surface area (Å²) in [5, 5.41) is 7.98. The molecule has 0 amide bonds. The van der Waals surface area contributed by atoms with Crippen LogP contribution in [0, 0.1) is 19.7 Å². The highest BCUT2D eigenvalue weighted by Gasteiger charge is 2.26. The standard InChI is InChI=1S/C20H24FN5O2/c1-13-4-5-16(11-18(13)21)19-22-20(28-24-19)15(3)26-8-6-25(7-9-26)12-17-10-14(2)23-27-17/h4-5,10-11,15H,6-9,12H2,1-3H3. The van der Waals surface area contributed by atoms with Gasteiger partial charge in [0.1, 0.15) is 5.82 Å². The van der Waals surface area contributed by atoms with Crippen molar-refractivity contribution in [2.24, 2.45) is 0 Å². The minimum absolute atomic E-state index is 0.00576. The Balaban J connectivity index is 1.37. The molecule has 0 aliphatic carbocycles. The molecule has 1 saturated heterocycles. The molecule has 148 valence electrons. The van der Waals surface area contributed by atoms with Crippen LogP contribution in [-0.2, 0) is 6.54 Å². The first-order valence-electron chi connectivity index (χ1n) is 9.48. The summed E-state index contributed by atoms with van der Waals surface area (Å²) in [6, 6.07) is 6.95. The molecule has 2 aromatic heterocycles. The Labute approximate surface area is 163 Å². The number of rotatable bonds is 5. The van der Waals surface area contributed by atoms with Crippen molar-refractivity contribution in [2.75, 3.05) is 26.2 Å². The summed E-state index contributed by atoms with van der Waals surface area (Å²) in [5.74, 6) is 1.59. The van der Waals surface area contributed by atoms with Crippen LogP contribution in [0.25, 0.3) is 11.4 Å². The van der Waals surface area contributed by atoms with Gasteiger partial charge in [-0.05, 0) is 32.4 Å². The van der Waals surface area contributed by atoms with Crippen LogP contribution in [0.15, 0.2) is 33.3 Å². The first-order valence-corrected chi connectivity index (χ1v) is 9.48. The van der Waals surface area contributed by atoms with Crippen molar-refractivity contribution in [3.63, 3.8) is 0 Å². The van der Waals surface area contributed by atoms with Crippen LogP contribution < -0.4 is 0 Å². The minimum Gasteiger partial charge on any atom is -0.360 e. The van der Waals surface area contributed by atoms with Crippen molar-refractivity contribution in [3.05, 3.63) is 53.0 Å². The van der Waals surface area contributed by atoms with Crippen LogP contribution in [-0.4, -0.2) is 51.3 Å². The summed E-state index contributed by atoms with van der Waals surface area (Å²) in [5.41, 5.74) is 2.12. The van der Waals surface area contributed by atoms with Gasteiger partial charge < -0.3 is 9.05 Å². The molecule has 0 saturated carbocycles. The number of aryl methyl sites for hydroxylation is 2. The molecule has 1 fully saturated rings. The zero-order valence-corrected chi connectivity index (χ0v) is 16.4. The van der Waals surface area contributed by atoms with Crippen LogP contribution in [0.5, 0.6) is 0 Å². The first kappa shape index (κ1) is 18.8. The normalized spacial score (nSPS) is 17.1. The monoisotopic (exact) mass is 385 g/mol. The molecule has 0 N–H and O–H groups in total. The molecule has 28 heavy (non-hydrogen) atoms. The van der Waals surface area contributed by atoms with Gasteiger partial charge in [0.05, 0.1) is 18.3 Å². The predicted octanol–water partition coefficient (Wildman–Crippen LogP) is 3.36. The summed E-state index contributed by atoms with van der Waals surface area (Å²) in [7, 11) is 0. The van der Waals surface area contributed by atoms with Gasteiger partial charge >= 0.3 is 0 Å². The van der Waals surface area contributed by atoms with Gasteiger partial charge in [0.2, 0.25) is 11.7 Å². The minimum atomic E-state index is -0.269. The Morgan fingerprint density at radius 2 is 1.86 bits per heavy atom. The van der Waals surface area contributed by atoms with Gasteiger partial charge in [0, 0.05) is 37.8 Å².